The molecule has 0 heterocycles. The third-order valence-corrected chi connectivity index (χ3v) is 2.44. The number of allylic oxidation sites excluding steroid dienone is 4. The summed E-state index contributed by atoms with van der Waals surface area (Å²) in [7, 11) is 0. The molecule has 0 saturated heterocycles. The topological polar surface area (TPSA) is 0 Å². The Morgan fingerprint density at radius 2 is 1.60 bits per heavy atom. The smallest absolute Gasteiger partial charge is 0.0165 e. The van der Waals surface area contributed by atoms with Crippen LogP contribution < -0.4 is 0 Å². The maximum Gasteiger partial charge on any atom is -0.0165 e. The first-order chi connectivity index (χ1) is 4.47. The molecule has 0 aromatic carbocycles. The third kappa shape index (κ3) is 1.16. The van der Waals surface area contributed by atoms with Crippen LogP contribution in [0.2, 0.25) is 0 Å². The van der Waals surface area contributed by atoms with Gasteiger partial charge in [-0.25, -0.2) is 0 Å². The summed E-state index contributed by atoms with van der Waals surface area (Å²) in [5.74, 6) is 1.87. The average Bonchev–Trinajstić information content (AvgIpc) is 2.33. The Labute approximate surface area is 63.6 Å². The first-order valence-electron chi connectivity index (χ1n) is 3.78. The highest BCUT2D eigenvalue weighted by Crippen LogP contribution is 2.33. The molecule has 0 amide bonds. The Morgan fingerprint density at radius 1 is 0.900 bits per heavy atom. The predicted molar refractivity (Wildman–Crippen MR) is 44.5 cm³/mol. The molecule has 0 nitrogen and oxygen atoms in total. The summed E-state index contributed by atoms with van der Waals surface area (Å²) >= 11 is 0. The minimum absolute atomic E-state index is 0. The SMILES string of the molecule is C1=CCC2CC=CC2C1.[CH2]. The third-order valence-electron chi connectivity index (χ3n) is 2.44. The van der Waals surface area contributed by atoms with Gasteiger partial charge in [0.25, 0.3) is 0 Å². The maximum absolute atomic E-state index is 2.38. The van der Waals surface area contributed by atoms with E-state index in [9.17, 15) is 0 Å². The molecule has 0 spiro atoms. The van der Waals surface area contributed by atoms with Crippen LogP contribution in [0, 0.1) is 19.3 Å². The second-order valence-corrected chi connectivity index (χ2v) is 3.03. The Bertz CT molecular complexity index is 153. The van der Waals surface area contributed by atoms with E-state index >= 15 is 0 Å². The minimum atomic E-state index is 0. The number of hydrogen-bond donors (Lipinski definition) is 0. The number of hydrogen-bond acceptors (Lipinski definition) is 0. The van der Waals surface area contributed by atoms with Crippen molar-refractivity contribution in [2.75, 3.05) is 0 Å². The van der Waals surface area contributed by atoms with Gasteiger partial charge in [0.1, 0.15) is 0 Å². The lowest BCUT2D eigenvalue weighted by atomic mass is 9.86. The molecule has 2 rings (SSSR count). The first kappa shape index (κ1) is 7.59. The lowest BCUT2D eigenvalue weighted by molar-refractivity contribution is 0.415. The van der Waals surface area contributed by atoms with Crippen molar-refractivity contribution in [2.45, 2.75) is 19.3 Å². The second kappa shape index (κ2) is 3.05. The van der Waals surface area contributed by atoms with E-state index in [1.54, 1.807) is 0 Å². The summed E-state index contributed by atoms with van der Waals surface area (Å²) in [6.45, 7) is 0. The molecule has 2 aliphatic rings. The number of fused-ring (bicyclic) bond motifs is 1. The van der Waals surface area contributed by atoms with Crippen LogP contribution in [0.15, 0.2) is 24.3 Å². The predicted octanol–water partition coefficient (Wildman–Crippen LogP) is 2.86. The normalized spacial score (nSPS) is 35.2. The molecule has 2 atom stereocenters. The highest BCUT2D eigenvalue weighted by atomic mass is 14.3. The number of rotatable bonds is 0. The summed E-state index contributed by atoms with van der Waals surface area (Å²) in [6.07, 6.45) is 13.3. The van der Waals surface area contributed by atoms with Crippen molar-refractivity contribution < 1.29 is 0 Å². The zero-order chi connectivity index (χ0) is 6.10. The molecule has 0 fully saturated rings. The molecule has 10 heavy (non-hydrogen) atoms. The second-order valence-electron chi connectivity index (χ2n) is 3.03. The molecule has 2 aliphatic carbocycles. The minimum Gasteiger partial charge on any atom is -0.0882 e. The molecular weight excluding hydrogens is 120 g/mol. The van der Waals surface area contributed by atoms with Crippen molar-refractivity contribution in [1.82, 2.24) is 0 Å². The average molecular weight is 134 g/mol. The Morgan fingerprint density at radius 3 is 2.40 bits per heavy atom. The largest absolute Gasteiger partial charge is 0.0882 e. The van der Waals surface area contributed by atoms with Crippen LogP contribution in [0.25, 0.3) is 0 Å². The van der Waals surface area contributed by atoms with Crippen LogP contribution >= 0.6 is 0 Å². The summed E-state index contributed by atoms with van der Waals surface area (Å²) in [6, 6.07) is 0. The summed E-state index contributed by atoms with van der Waals surface area (Å²) in [4.78, 5) is 0. The molecule has 2 radical (unpaired) electrons. The summed E-state index contributed by atoms with van der Waals surface area (Å²) < 4.78 is 0. The fraction of sp³-hybridized carbons (Fsp3) is 0.500. The molecule has 0 aromatic rings. The van der Waals surface area contributed by atoms with E-state index in [4.69, 9.17) is 0 Å². The van der Waals surface area contributed by atoms with Crippen LogP contribution in [-0.4, -0.2) is 0 Å². The van der Waals surface area contributed by atoms with Crippen LogP contribution in [0.1, 0.15) is 19.3 Å². The standard InChI is InChI=1S/C9H12.CH2/c1-2-5-9-7-3-6-8(9)4-1;/h1-3,6,8-9H,4-5,7H2;1H2. The van der Waals surface area contributed by atoms with E-state index in [0.29, 0.717) is 0 Å². The lowest BCUT2D eigenvalue weighted by Gasteiger charge is -2.19. The molecular formula is C10H14. The Hall–Kier alpha value is -0.520. The van der Waals surface area contributed by atoms with E-state index < -0.39 is 0 Å². The summed E-state index contributed by atoms with van der Waals surface area (Å²) in [5, 5.41) is 0. The fourth-order valence-corrected chi connectivity index (χ4v) is 1.83. The van der Waals surface area contributed by atoms with Gasteiger partial charge in [-0.3, -0.25) is 0 Å². The van der Waals surface area contributed by atoms with Crippen molar-refractivity contribution in [3.8, 4) is 0 Å². The quantitative estimate of drug-likeness (QED) is 0.447. The van der Waals surface area contributed by atoms with Gasteiger partial charge in [-0.15, -0.1) is 0 Å². The Kier molecular flexibility index (Phi) is 2.31. The zero-order valence-electron chi connectivity index (χ0n) is 6.29. The monoisotopic (exact) mass is 134 g/mol. The summed E-state index contributed by atoms with van der Waals surface area (Å²) in [5.41, 5.74) is 0. The van der Waals surface area contributed by atoms with Gasteiger partial charge in [-0.1, -0.05) is 31.7 Å². The van der Waals surface area contributed by atoms with Crippen LogP contribution in [0.5, 0.6) is 0 Å². The molecule has 0 N–H and O–H groups in total. The fourth-order valence-electron chi connectivity index (χ4n) is 1.83. The van der Waals surface area contributed by atoms with Crippen LogP contribution in [0.3, 0.4) is 0 Å². The molecule has 0 aromatic heterocycles. The zero-order valence-corrected chi connectivity index (χ0v) is 6.29. The van der Waals surface area contributed by atoms with Crippen molar-refractivity contribution in [3.05, 3.63) is 31.7 Å². The molecule has 0 heteroatoms. The highest BCUT2D eigenvalue weighted by molar-refractivity contribution is 5.08. The first-order valence-corrected chi connectivity index (χ1v) is 3.78. The van der Waals surface area contributed by atoms with Crippen molar-refractivity contribution in [1.29, 1.82) is 0 Å². The lowest BCUT2D eigenvalue weighted by Crippen LogP contribution is -2.09. The van der Waals surface area contributed by atoms with E-state index in [1.807, 2.05) is 0 Å². The van der Waals surface area contributed by atoms with E-state index in [-0.39, 0.29) is 7.43 Å². The van der Waals surface area contributed by atoms with Crippen LogP contribution in [-0.2, 0) is 0 Å². The van der Waals surface area contributed by atoms with Crippen molar-refractivity contribution in [2.24, 2.45) is 11.8 Å². The van der Waals surface area contributed by atoms with E-state index in [0.717, 1.165) is 11.8 Å². The molecule has 54 valence electrons. The Balaban J connectivity index is 0.000000500. The molecule has 2 unspecified atom stereocenters. The molecule has 0 bridgehead atoms. The van der Waals surface area contributed by atoms with E-state index in [1.165, 1.54) is 19.3 Å². The van der Waals surface area contributed by atoms with Gasteiger partial charge in [0.15, 0.2) is 0 Å². The van der Waals surface area contributed by atoms with Gasteiger partial charge in [0.2, 0.25) is 0 Å². The van der Waals surface area contributed by atoms with Gasteiger partial charge in [-0.2, -0.15) is 0 Å². The van der Waals surface area contributed by atoms with Gasteiger partial charge in [-0.05, 0) is 31.1 Å². The van der Waals surface area contributed by atoms with Gasteiger partial charge < -0.3 is 0 Å². The van der Waals surface area contributed by atoms with Crippen LogP contribution in [0.4, 0.5) is 0 Å². The van der Waals surface area contributed by atoms with Crippen molar-refractivity contribution in [3.63, 3.8) is 0 Å². The van der Waals surface area contributed by atoms with Gasteiger partial charge in [0, 0.05) is 0 Å². The highest BCUT2D eigenvalue weighted by Gasteiger charge is 2.22. The molecule has 0 aliphatic heterocycles. The molecule has 0 saturated carbocycles. The van der Waals surface area contributed by atoms with Crippen molar-refractivity contribution >= 4 is 0 Å². The van der Waals surface area contributed by atoms with E-state index in [2.05, 4.69) is 24.3 Å². The van der Waals surface area contributed by atoms with Gasteiger partial charge >= 0.3 is 0 Å². The van der Waals surface area contributed by atoms with Gasteiger partial charge in [0.05, 0.1) is 0 Å². The maximum atomic E-state index is 2.38.